The van der Waals surface area contributed by atoms with E-state index in [0.717, 1.165) is 12.0 Å². The Kier molecular flexibility index (Phi) is 5.18. The molecule has 0 spiro atoms. The third-order valence-corrected chi connectivity index (χ3v) is 3.95. The van der Waals surface area contributed by atoms with E-state index in [0.29, 0.717) is 23.2 Å². The van der Waals surface area contributed by atoms with E-state index >= 15 is 0 Å². The molecule has 0 fully saturated rings. The zero-order chi connectivity index (χ0) is 17.1. The van der Waals surface area contributed by atoms with Gasteiger partial charge in [0.1, 0.15) is 11.7 Å². The van der Waals surface area contributed by atoms with Gasteiger partial charge in [0.05, 0.1) is 0 Å². The van der Waals surface area contributed by atoms with Gasteiger partial charge in [0.15, 0.2) is 11.0 Å². The molecule has 0 aliphatic carbocycles. The standard InChI is InChI=1S/C15H11Cl3N4O2/c16-10-4-1-9(2-5-10)3-6-12-20-13(24-21-12)8-22-7-11(17)19-14(18)15(22)23/h1-2,4-5,7H,3,6,8H2. The molecule has 0 radical (unpaired) electrons. The average molecular weight is 386 g/mol. The number of nitrogens with zero attached hydrogens (tertiary/aromatic N) is 4. The molecule has 0 N–H and O–H groups in total. The maximum atomic E-state index is 11.9. The van der Waals surface area contributed by atoms with Gasteiger partial charge in [-0.1, -0.05) is 52.1 Å². The minimum atomic E-state index is -0.470. The summed E-state index contributed by atoms with van der Waals surface area (Å²) in [6, 6.07) is 7.57. The molecule has 6 nitrogen and oxygen atoms in total. The lowest BCUT2D eigenvalue weighted by molar-refractivity contribution is 0.364. The summed E-state index contributed by atoms with van der Waals surface area (Å²) in [5.74, 6) is 0.848. The Bertz CT molecular complexity index is 906. The van der Waals surface area contributed by atoms with Crippen LogP contribution in [0.3, 0.4) is 0 Å². The van der Waals surface area contributed by atoms with Crippen LogP contribution in [-0.4, -0.2) is 19.7 Å². The van der Waals surface area contributed by atoms with Crippen molar-refractivity contribution < 1.29 is 4.52 Å². The van der Waals surface area contributed by atoms with Gasteiger partial charge in [-0.15, -0.1) is 0 Å². The molecule has 3 rings (SSSR count). The first-order chi connectivity index (χ1) is 11.5. The van der Waals surface area contributed by atoms with E-state index in [-0.39, 0.29) is 16.9 Å². The number of aryl methyl sites for hydroxylation is 2. The van der Waals surface area contributed by atoms with Gasteiger partial charge >= 0.3 is 0 Å². The zero-order valence-corrected chi connectivity index (χ0v) is 14.5. The van der Waals surface area contributed by atoms with Crippen molar-refractivity contribution in [1.82, 2.24) is 19.7 Å². The third-order valence-electron chi connectivity index (χ3n) is 3.27. The Morgan fingerprint density at radius 1 is 1.04 bits per heavy atom. The number of aromatic nitrogens is 4. The van der Waals surface area contributed by atoms with Gasteiger partial charge in [-0.3, -0.25) is 4.79 Å². The van der Waals surface area contributed by atoms with Crippen molar-refractivity contribution in [2.45, 2.75) is 19.4 Å². The van der Waals surface area contributed by atoms with E-state index < -0.39 is 5.56 Å². The lowest BCUT2D eigenvalue weighted by Gasteiger charge is -2.02. The second kappa shape index (κ2) is 7.34. The van der Waals surface area contributed by atoms with E-state index in [1.165, 1.54) is 10.8 Å². The van der Waals surface area contributed by atoms with Crippen molar-refractivity contribution in [1.29, 1.82) is 0 Å². The summed E-state index contributed by atoms with van der Waals surface area (Å²) in [5, 5.41) is 4.51. The summed E-state index contributed by atoms with van der Waals surface area (Å²) in [4.78, 5) is 19.8. The van der Waals surface area contributed by atoms with E-state index in [4.69, 9.17) is 39.3 Å². The molecule has 124 valence electrons. The molecule has 0 amide bonds. The van der Waals surface area contributed by atoms with Crippen LogP contribution in [0.4, 0.5) is 0 Å². The number of hydrogen-bond donors (Lipinski definition) is 0. The van der Waals surface area contributed by atoms with Gasteiger partial charge in [0.2, 0.25) is 5.89 Å². The second-order valence-electron chi connectivity index (χ2n) is 5.02. The number of hydrogen-bond acceptors (Lipinski definition) is 5. The van der Waals surface area contributed by atoms with Gasteiger partial charge < -0.3 is 9.09 Å². The van der Waals surface area contributed by atoms with Crippen molar-refractivity contribution in [3.05, 3.63) is 73.4 Å². The molecule has 2 heterocycles. The molecule has 2 aromatic heterocycles. The summed E-state index contributed by atoms with van der Waals surface area (Å²) in [6.07, 6.45) is 2.73. The minimum absolute atomic E-state index is 0.0781. The van der Waals surface area contributed by atoms with E-state index in [9.17, 15) is 4.79 Å². The molecule has 0 aliphatic heterocycles. The van der Waals surface area contributed by atoms with Crippen molar-refractivity contribution in [2.24, 2.45) is 0 Å². The SMILES string of the molecule is O=c1c(Cl)nc(Cl)cn1Cc1nc(CCc2ccc(Cl)cc2)no1. The summed E-state index contributed by atoms with van der Waals surface area (Å²) < 4.78 is 6.43. The van der Waals surface area contributed by atoms with Crippen LogP contribution < -0.4 is 5.56 Å². The van der Waals surface area contributed by atoms with Crippen LogP contribution in [0.1, 0.15) is 17.3 Å². The topological polar surface area (TPSA) is 73.8 Å². The lowest BCUT2D eigenvalue weighted by Crippen LogP contribution is -2.21. The maximum Gasteiger partial charge on any atom is 0.288 e. The monoisotopic (exact) mass is 384 g/mol. The molecule has 9 heteroatoms. The van der Waals surface area contributed by atoms with Crippen molar-refractivity contribution in [2.75, 3.05) is 0 Å². The fraction of sp³-hybridized carbons (Fsp3) is 0.200. The van der Waals surface area contributed by atoms with Crippen LogP contribution in [-0.2, 0) is 19.4 Å². The molecule has 0 saturated heterocycles. The summed E-state index contributed by atoms with van der Waals surface area (Å²) in [7, 11) is 0. The smallest absolute Gasteiger partial charge is 0.288 e. The maximum absolute atomic E-state index is 11.9. The minimum Gasteiger partial charge on any atom is -0.337 e. The van der Waals surface area contributed by atoms with Gasteiger partial charge in [-0.05, 0) is 24.1 Å². The van der Waals surface area contributed by atoms with Crippen LogP contribution in [0.15, 0.2) is 39.8 Å². The highest BCUT2D eigenvalue weighted by atomic mass is 35.5. The summed E-state index contributed by atoms with van der Waals surface area (Å²) in [6.45, 7) is 0.0781. The van der Waals surface area contributed by atoms with E-state index in [2.05, 4.69) is 15.1 Å². The zero-order valence-electron chi connectivity index (χ0n) is 12.2. The van der Waals surface area contributed by atoms with Crippen LogP contribution in [0.25, 0.3) is 0 Å². The third kappa shape index (κ3) is 4.14. The van der Waals surface area contributed by atoms with Crippen molar-refractivity contribution >= 4 is 34.8 Å². The van der Waals surface area contributed by atoms with Crippen molar-refractivity contribution in [3.63, 3.8) is 0 Å². The molecule has 0 saturated carbocycles. The average Bonchev–Trinajstić information content (AvgIpc) is 2.99. The summed E-state index contributed by atoms with van der Waals surface area (Å²) >= 11 is 17.4. The van der Waals surface area contributed by atoms with Crippen LogP contribution in [0, 0.1) is 0 Å². The molecule has 1 aromatic carbocycles. The van der Waals surface area contributed by atoms with Crippen LogP contribution in [0.2, 0.25) is 15.3 Å². The van der Waals surface area contributed by atoms with E-state index in [1.807, 2.05) is 24.3 Å². The molecular weight excluding hydrogens is 375 g/mol. The van der Waals surface area contributed by atoms with E-state index in [1.54, 1.807) is 0 Å². The molecule has 3 aromatic rings. The predicted octanol–water partition coefficient (Wildman–Crippen LogP) is 3.42. The Balaban J connectivity index is 1.67. The number of halogens is 3. The predicted molar refractivity (Wildman–Crippen MR) is 90.8 cm³/mol. The first kappa shape index (κ1) is 17.0. The van der Waals surface area contributed by atoms with Gasteiger partial charge in [0, 0.05) is 17.6 Å². The number of benzene rings is 1. The molecule has 0 unspecified atom stereocenters. The Morgan fingerprint density at radius 3 is 2.54 bits per heavy atom. The normalized spacial score (nSPS) is 11.0. The largest absolute Gasteiger partial charge is 0.337 e. The fourth-order valence-electron chi connectivity index (χ4n) is 2.10. The molecule has 24 heavy (non-hydrogen) atoms. The first-order valence-electron chi connectivity index (χ1n) is 6.99. The van der Waals surface area contributed by atoms with Crippen molar-refractivity contribution in [3.8, 4) is 0 Å². The van der Waals surface area contributed by atoms with Crippen LogP contribution in [0.5, 0.6) is 0 Å². The van der Waals surface area contributed by atoms with Gasteiger partial charge in [-0.2, -0.15) is 4.98 Å². The first-order valence-corrected chi connectivity index (χ1v) is 8.13. The number of rotatable bonds is 5. The molecular formula is C15H11Cl3N4O2. The highest BCUT2D eigenvalue weighted by Gasteiger charge is 2.11. The quantitative estimate of drug-likeness (QED) is 0.673. The highest BCUT2D eigenvalue weighted by Crippen LogP contribution is 2.12. The fourth-order valence-corrected chi connectivity index (χ4v) is 2.67. The Labute approximate surface area is 152 Å². The van der Waals surface area contributed by atoms with Gasteiger partial charge in [-0.25, -0.2) is 4.98 Å². The Morgan fingerprint density at radius 2 is 1.79 bits per heavy atom. The Hall–Kier alpha value is -1.89. The molecule has 0 bridgehead atoms. The highest BCUT2D eigenvalue weighted by molar-refractivity contribution is 6.32. The lowest BCUT2D eigenvalue weighted by atomic mass is 10.1. The van der Waals surface area contributed by atoms with Gasteiger partial charge in [0.25, 0.3) is 5.56 Å². The second-order valence-corrected chi connectivity index (χ2v) is 6.20. The van der Waals surface area contributed by atoms with Crippen LogP contribution >= 0.6 is 34.8 Å². The molecule has 0 atom stereocenters. The molecule has 0 aliphatic rings. The summed E-state index contributed by atoms with van der Waals surface area (Å²) in [5.41, 5.74) is 0.650.